The second kappa shape index (κ2) is 11.0. The molecular formula is C21H21F3N6O2S. The molecule has 0 saturated carbocycles. The molecule has 0 bridgehead atoms. The van der Waals surface area contributed by atoms with E-state index in [0.717, 1.165) is 41.9 Å². The molecule has 0 radical (unpaired) electrons. The second-order valence-electron chi connectivity index (χ2n) is 7.23. The van der Waals surface area contributed by atoms with Gasteiger partial charge in [0.2, 0.25) is 5.01 Å². The minimum absolute atomic E-state index is 0.0318. The van der Waals surface area contributed by atoms with E-state index in [2.05, 4.69) is 30.7 Å². The minimum Gasteiger partial charge on any atom is -0.353 e. The maximum Gasteiger partial charge on any atom is 0.416 e. The van der Waals surface area contributed by atoms with Crippen LogP contribution < -0.4 is 5.32 Å². The number of Topliss-reactive ketones (excluding diaryl/α,β-unsaturated/α-hetero) is 1. The Balaban J connectivity index is 1.43. The molecule has 174 valence electrons. The van der Waals surface area contributed by atoms with Crippen LogP contribution in [0.15, 0.2) is 30.5 Å². The number of ketones is 1. The molecule has 8 nitrogen and oxygen atoms in total. The summed E-state index contributed by atoms with van der Waals surface area (Å²) >= 11 is 1.27. The molecule has 33 heavy (non-hydrogen) atoms. The first-order valence-corrected chi connectivity index (χ1v) is 11.0. The molecule has 0 saturated heterocycles. The van der Waals surface area contributed by atoms with Crippen molar-refractivity contribution in [2.45, 2.75) is 44.7 Å². The normalized spacial score (nSPS) is 11.4. The topological polar surface area (TPSA) is 111 Å². The molecule has 0 aromatic carbocycles. The highest BCUT2D eigenvalue weighted by Gasteiger charge is 2.30. The van der Waals surface area contributed by atoms with Crippen LogP contribution in [-0.2, 0) is 36.7 Å². The van der Waals surface area contributed by atoms with Crippen LogP contribution in [0.4, 0.5) is 13.2 Å². The van der Waals surface area contributed by atoms with Crippen molar-refractivity contribution in [3.05, 3.63) is 63.1 Å². The fourth-order valence-corrected chi connectivity index (χ4v) is 3.80. The lowest BCUT2D eigenvalue weighted by molar-refractivity contribution is -0.137. The van der Waals surface area contributed by atoms with Gasteiger partial charge in [-0.1, -0.05) is 11.3 Å². The number of aromatic nitrogens is 5. The highest BCUT2D eigenvalue weighted by molar-refractivity contribution is 7.13. The van der Waals surface area contributed by atoms with Gasteiger partial charge in [-0.15, -0.1) is 10.2 Å². The van der Waals surface area contributed by atoms with Gasteiger partial charge < -0.3 is 5.32 Å². The number of alkyl halides is 3. The van der Waals surface area contributed by atoms with Crippen molar-refractivity contribution in [1.82, 2.24) is 30.7 Å². The number of unbranched alkanes of at least 4 members (excludes halogenated alkanes) is 1. The average Bonchev–Trinajstić information content (AvgIpc) is 3.26. The van der Waals surface area contributed by atoms with E-state index in [4.69, 9.17) is 0 Å². The van der Waals surface area contributed by atoms with E-state index in [-0.39, 0.29) is 30.2 Å². The summed E-state index contributed by atoms with van der Waals surface area (Å²) in [6, 6.07) is 5.23. The first-order valence-electron chi connectivity index (χ1n) is 10.1. The first kappa shape index (κ1) is 24.4. The van der Waals surface area contributed by atoms with Crippen molar-refractivity contribution in [3.8, 4) is 0 Å². The molecule has 3 aromatic heterocycles. The number of aryl methyl sites for hydroxylation is 2. The molecule has 0 aliphatic rings. The van der Waals surface area contributed by atoms with Gasteiger partial charge in [-0.25, -0.2) is 0 Å². The molecule has 0 spiro atoms. The standard InChI is InChI=1S/C21H21F3N6O2S/c1-25-19(32)20-30-29-18(33-20)5-3-2-4-14-6-7-15(28-27-14)11-17(31)12-16-10-13(8-9-26-16)21(22,23)24/h6-10H,2-5,11-12H2,1H3,(H,25,32). The number of nitrogens with one attached hydrogen (secondary N) is 1. The Morgan fingerprint density at radius 2 is 1.64 bits per heavy atom. The lowest BCUT2D eigenvalue weighted by atomic mass is 10.1. The van der Waals surface area contributed by atoms with E-state index < -0.39 is 11.7 Å². The van der Waals surface area contributed by atoms with E-state index in [9.17, 15) is 22.8 Å². The number of rotatable bonds is 10. The quantitative estimate of drug-likeness (QED) is 0.446. The van der Waals surface area contributed by atoms with Crippen molar-refractivity contribution in [1.29, 1.82) is 0 Å². The Morgan fingerprint density at radius 1 is 0.939 bits per heavy atom. The third-order valence-corrected chi connectivity index (χ3v) is 5.62. The monoisotopic (exact) mass is 478 g/mol. The lowest BCUT2D eigenvalue weighted by Gasteiger charge is -2.07. The van der Waals surface area contributed by atoms with Crippen molar-refractivity contribution < 1.29 is 22.8 Å². The molecule has 1 N–H and O–H groups in total. The molecule has 1 amide bonds. The zero-order valence-corrected chi connectivity index (χ0v) is 18.5. The van der Waals surface area contributed by atoms with E-state index in [1.165, 1.54) is 11.3 Å². The number of carbonyl (C=O) groups is 2. The van der Waals surface area contributed by atoms with E-state index in [1.807, 2.05) is 0 Å². The molecule has 3 heterocycles. The molecule has 0 aliphatic heterocycles. The summed E-state index contributed by atoms with van der Waals surface area (Å²) in [6.07, 6.45) is -0.595. The maximum atomic E-state index is 12.8. The van der Waals surface area contributed by atoms with Crippen LogP contribution in [0.5, 0.6) is 0 Å². The van der Waals surface area contributed by atoms with Gasteiger partial charge in [0, 0.05) is 31.8 Å². The van der Waals surface area contributed by atoms with Crippen molar-refractivity contribution in [3.63, 3.8) is 0 Å². The smallest absolute Gasteiger partial charge is 0.353 e. The SMILES string of the molecule is CNC(=O)c1nnc(CCCCc2ccc(CC(=O)Cc3cc(C(F)(F)F)ccn3)nn2)s1. The van der Waals surface area contributed by atoms with Crippen molar-refractivity contribution in [2.75, 3.05) is 7.05 Å². The van der Waals surface area contributed by atoms with E-state index >= 15 is 0 Å². The van der Waals surface area contributed by atoms with Crippen LogP contribution in [0.2, 0.25) is 0 Å². The summed E-state index contributed by atoms with van der Waals surface area (Å²) in [5, 5.41) is 19.7. The van der Waals surface area contributed by atoms with Gasteiger partial charge >= 0.3 is 6.18 Å². The highest BCUT2D eigenvalue weighted by atomic mass is 32.1. The Hall–Kier alpha value is -3.28. The highest BCUT2D eigenvalue weighted by Crippen LogP contribution is 2.29. The van der Waals surface area contributed by atoms with E-state index in [0.29, 0.717) is 23.5 Å². The summed E-state index contributed by atoms with van der Waals surface area (Å²) in [4.78, 5) is 27.5. The number of amides is 1. The van der Waals surface area contributed by atoms with Gasteiger partial charge in [0.15, 0.2) is 0 Å². The predicted molar refractivity (Wildman–Crippen MR) is 114 cm³/mol. The number of nitrogens with zero attached hydrogens (tertiary/aromatic N) is 5. The van der Waals surface area contributed by atoms with Crippen LogP contribution in [0.1, 0.15) is 50.3 Å². The number of pyridine rings is 1. The maximum absolute atomic E-state index is 12.8. The molecule has 3 aromatic rings. The molecule has 3 rings (SSSR count). The largest absolute Gasteiger partial charge is 0.416 e. The Morgan fingerprint density at radius 3 is 2.33 bits per heavy atom. The summed E-state index contributed by atoms with van der Waals surface area (Å²) in [5.41, 5.74) is 0.458. The van der Waals surface area contributed by atoms with Gasteiger partial charge in [-0.05, 0) is 43.5 Å². The third-order valence-electron chi connectivity index (χ3n) is 4.64. The summed E-state index contributed by atoms with van der Waals surface area (Å²) in [5.74, 6) is -0.546. The Bertz CT molecular complexity index is 1100. The van der Waals surface area contributed by atoms with Gasteiger partial charge in [-0.2, -0.15) is 23.4 Å². The molecule has 0 aliphatic carbocycles. The van der Waals surface area contributed by atoms with Gasteiger partial charge in [0.1, 0.15) is 10.8 Å². The second-order valence-corrected chi connectivity index (χ2v) is 8.29. The summed E-state index contributed by atoms with van der Waals surface area (Å²) in [6.45, 7) is 0. The van der Waals surface area contributed by atoms with Crippen LogP contribution >= 0.6 is 11.3 Å². The minimum atomic E-state index is -4.48. The van der Waals surface area contributed by atoms with Crippen molar-refractivity contribution in [2.24, 2.45) is 0 Å². The van der Waals surface area contributed by atoms with Gasteiger partial charge in [0.05, 0.1) is 23.4 Å². The summed E-state index contributed by atoms with van der Waals surface area (Å²) in [7, 11) is 1.54. The zero-order valence-electron chi connectivity index (χ0n) is 17.7. The molecular weight excluding hydrogens is 457 g/mol. The first-order chi connectivity index (χ1) is 15.7. The Kier molecular flexibility index (Phi) is 8.15. The van der Waals surface area contributed by atoms with Crippen LogP contribution in [-0.4, -0.2) is 44.1 Å². The number of hydrogen-bond acceptors (Lipinski definition) is 8. The van der Waals surface area contributed by atoms with Gasteiger partial charge in [0.25, 0.3) is 5.91 Å². The number of halogens is 3. The van der Waals surface area contributed by atoms with Crippen LogP contribution in [0.25, 0.3) is 0 Å². The molecule has 12 heteroatoms. The molecule has 0 fully saturated rings. The van der Waals surface area contributed by atoms with Crippen molar-refractivity contribution >= 4 is 23.0 Å². The molecule has 0 unspecified atom stereocenters. The van der Waals surface area contributed by atoms with E-state index in [1.54, 1.807) is 19.2 Å². The van der Waals surface area contributed by atoms with Crippen LogP contribution in [0.3, 0.4) is 0 Å². The average molecular weight is 479 g/mol. The summed E-state index contributed by atoms with van der Waals surface area (Å²) < 4.78 is 38.3. The Labute approximate surface area is 191 Å². The number of carbonyl (C=O) groups excluding carboxylic acids is 2. The fourth-order valence-electron chi connectivity index (χ4n) is 2.97. The fraction of sp³-hybridized carbons (Fsp3) is 0.381. The van der Waals surface area contributed by atoms with Crippen LogP contribution in [0, 0.1) is 0 Å². The third kappa shape index (κ3) is 7.38. The zero-order chi connectivity index (χ0) is 23.8. The number of hydrogen-bond donors (Lipinski definition) is 1. The lowest BCUT2D eigenvalue weighted by Crippen LogP contribution is -2.17. The predicted octanol–water partition coefficient (Wildman–Crippen LogP) is 3.02. The van der Waals surface area contributed by atoms with Gasteiger partial charge in [-0.3, -0.25) is 14.6 Å². The molecule has 0 atom stereocenters.